The van der Waals surface area contributed by atoms with Gasteiger partial charge in [-0.3, -0.25) is 4.79 Å². The number of likely N-dealkylation sites (N-methyl/N-ethyl adjacent to an activating group) is 1. The van der Waals surface area contributed by atoms with E-state index in [2.05, 4.69) is 11.7 Å². The molecular weight excluding hydrogens is 389 g/mol. The standard InChI is InChI=1S/C20H25F3N2O4/c1-5-7-15-17(9-8-16-18(15)29-24-19(16)20(21,22)23)28-12-14(27-10-6-2)11-25(4)13(3)26/h6,8-9,14H,2,5,7,10-12H2,1,3-4H3. The smallest absolute Gasteiger partial charge is 0.437 e. The van der Waals surface area contributed by atoms with Gasteiger partial charge in [-0.2, -0.15) is 13.2 Å². The van der Waals surface area contributed by atoms with Crippen LogP contribution in [0.15, 0.2) is 29.3 Å². The molecular formula is C20H25F3N2O4. The van der Waals surface area contributed by atoms with Crippen LogP contribution in [0, 0.1) is 0 Å². The number of carbonyl (C=O) groups excluding carboxylic acids is 1. The summed E-state index contributed by atoms with van der Waals surface area (Å²) in [6.07, 6.45) is -2.31. The minimum atomic E-state index is -4.60. The van der Waals surface area contributed by atoms with Gasteiger partial charge < -0.3 is 18.9 Å². The number of alkyl halides is 3. The molecule has 0 radical (unpaired) electrons. The van der Waals surface area contributed by atoms with Crippen LogP contribution in [0.4, 0.5) is 13.2 Å². The van der Waals surface area contributed by atoms with Crippen LogP contribution in [0.1, 0.15) is 31.5 Å². The van der Waals surface area contributed by atoms with Gasteiger partial charge in [0.15, 0.2) is 11.3 Å². The Labute approximate surface area is 167 Å². The average Bonchev–Trinajstić information content (AvgIpc) is 3.09. The van der Waals surface area contributed by atoms with E-state index < -0.39 is 18.0 Å². The highest BCUT2D eigenvalue weighted by Gasteiger charge is 2.37. The van der Waals surface area contributed by atoms with E-state index in [1.807, 2.05) is 6.92 Å². The fraction of sp³-hybridized carbons (Fsp3) is 0.500. The van der Waals surface area contributed by atoms with E-state index in [4.69, 9.17) is 14.0 Å². The third kappa shape index (κ3) is 5.72. The number of ether oxygens (including phenoxy) is 2. The van der Waals surface area contributed by atoms with Gasteiger partial charge in [0.2, 0.25) is 5.91 Å². The van der Waals surface area contributed by atoms with Gasteiger partial charge in [0, 0.05) is 26.1 Å². The molecule has 0 aliphatic carbocycles. The number of rotatable bonds is 10. The normalized spacial score (nSPS) is 12.8. The second-order valence-corrected chi connectivity index (χ2v) is 6.65. The summed E-state index contributed by atoms with van der Waals surface area (Å²) < 4.78 is 55.9. The predicted molar refractivity (Wildman–Crippen MR) is 102 cm³/mol. The van der Waals surface area contributed by atoms with Crippen molar-refractivity contribution in [1.29, 1.82) is 0 Å². The lowest BCUT2D eigenvalue weighted by Crippen LogP contribution is -2.37. The van der Waals surface area contributed by atoms with E-state index in [1.54, 1.807) is 13.1 Å². The molecule has 1 unspecified atom stereocenters. The largest absolute Gasteiger partial charge is 0.490 e. The first kappa shape index (κ1) is 22.7. The first-order chi connectivity index (χ1) is 13.7. The number of halogens is 3. The summed E-state index contributed by atoms with van der Waals surface area (Å²) >= 11 is 0. The Bertz CT molecular complexity index is 848. The second kappa shape index (κ2) is 9.78. The van der Waals surface area contributed by atoms with Gasteiger partial charge in [0.05, 0.1) is 12.0 Å². The lowest BCUT2D eigenvalue weighted by atomic mass is 10.0. The van der Waals surface area contributed by atoms with Gasteiger partial charge in [-0.1, -0.05) is 24.6 Å². The van der Waals surface area contributed by atoms with Crippen molar-refractivity contribution in [3.05, 3.63) is 36.0 Å². The van der Waals surface area contributed by atoms with Crippen LogP contribution in [0.5, 0.6) is 5.75 Å². The van der Waals surface area contributed by atoms with Crippen molar-refractivity contribution in [3.63, 3.8) is 0 Å². The zero-order chi connectivity index (χ0) is 21.6. The highest BCUT2D eigenvalue weighted by atomic mass is 19.4. The SMILES string of the molecule is C=CCOC(COc1ccc2c(C(F)(F)F)noc2c1CCC)CN(C)C(C)=O. The highest BCUT2D eigenvalue weighted by molar-refractivity contribution is 5.85. The fourth-order valence-corrected chi connectivity index (χ4v) is 2.84. The van der Waals surface area contributed by atoms with Crippen molar-refractivity contribution in [3.8, 4) is 5.75 Å². The zero-order valence-electron chi connectivity index (χ0n) is 16.7. The molecule has 0 fully saturated rings. The minimum absolute atomic E-state index is 0.0705. The number of hydrogen-bond donors (Lipinski definition) is 0. The Morgan fingerprint density at radius 2 is 2.14 bits per heavy atom. The zero-order valence-corrected chi connectivity index (χ0v) is 16.7. The molecule has 0 bridgehead atoms. The topological polar surface area (TPSA) is 64.8 Å². The second-order valence-electron chi connectivity index (χ2n) is 6.65. The number of benzene rings is 1. The molecule has 2 rings (SSSR count). The maximum absolute atomic E-state index is 13.1. The summed E-state index contributed by atoms with van der Waals surface area (Å²) in [5, 5.41) is 3.12. The van der Waals surface area contributed by atoms with Crippen LogP contribution >= 0.6 is 0 Å². The highest BCUT2D eigenvalue weighted by Crippen LogP contribution is 2.38. The molecule has 0 saturated heterocycles. The molecule has 0 N–H and O–H groups in total. The molecule has 1 heterocycles. The summed E-state index contributed by atoms with van der Waals surface area (Å²) in [5.41, 5.74) is -0.455. The van der Waals surface area contributed by atoms with E-state index in [9.17, 15) is 18.0 Å². The molecule has 9 heteroatoms. The maximum Gasteiger partial charge on any atom is 0.437 e. The average molecular weight is 414 g/mol. The summed E-state index contributed by atoms with van der Waals surface area (Å²) in [4.78, 5) is 13.0. The molecule has 2 aromatic rings. The van der Waals surface area contributed by atoms with E-state index in [1.165, 1.54) is 24.0 Å². The molecule has 1 aromatic carbocycles. The van der Waals surface area contributed by atoms with Crippen molar-refractivity contribution < 1.29 is 32.0 Å². The van der Waals surface area contributed by atoms with Gasteiger partial charge in [-0.25, -0.2) is 0 Å². The Morgan fingerprint density at radius 1 is 1.41 bits per heavy atom. The first-order valence-electron chi connectivity index (χ1n) is 9.24. The van der Waals surface area contributed by atoms with E-state index in [0.717, 1.165) is 0 Å². The maximum atomic E-state index is 13.1. The van der Waals surface area contributed by atoms with E-state index in [-0.39, 0.29) is 30.1 Å². The van der Waals surface area contributed by atoms with Crippen molar-refractivity contribution in [1.82, 2.24) is 10.1 Å². The number of hydrogen-bond acceptors (Lipinski definition) is 5. The van der Waals surface area contributed by atoms with Crippen molar-refractivity contribution in [2.75, 3.05) is 26.8 Å². The quantitative estimate of drug-likeness (QED) is 0.545. The van der Waals surface area contributed by atoms with Gasteiger partial charge in [-0.15, -0.1) is 6.58 Å². The number of nitrogens with zero attached hydrogens (tertiary/aromatic N) is 2. The molecule has 29 heavy (non-hydrogen) atoms. The number of fused-ring (bicyclic) bond motifs is 1. The summed E-state index contributed by atoms with van der Waals surface area (Å²) in [7, 11) is 1.65. The molecule has 0 aliphatic rings. The fourth-order valence-electron chi connectivity index (χ4n) is 2.84. The van der Waals surface area contributed by atoms with Gasteiger partial charge in [-0.05, 0) is 18.6 Å². The third-order valence-corrected chi connectivity index (χ3v) is 4.36. The lowest BCUT2D eigenvalue weighted by molar-refractivity contribution is -0.141. The third-order valence-electron chi connectivity index (χ3n) is 4.36. The van der Waals surface area contributed by atoms with Crippen LogP contribution in [-0.4, -0.2) is 48.9 Å². The Kier molecular flexibility index (Phi) is 7.66. The number of carbonyl (C=O) groups is 1. The predicted octanol–water partition coefficient (Wildman–Crippen LogP) is 4.23. The van der Waals surface area contributed by atoms with Crippen LogP contribution in [-0.2, 0) is 22.1 Å². The van der Waals surface area contributed by atoms with Crippen LogP contribution in [0.2, 0.25) is 0 Å². The Hall–Kier alpha value is -2.55. The summed E-state index contributed by atoms with van der Waals surface area (Å²) in [5.74, 6) is 0.286. The lowest BCUT2D eigenvalue weighted by Gasteiger charge is -2.24. The molecule has 0 aliphatic heterocycles. The minimum Gasteiger partial charge on any atom is -0.490 e. The van der Waals surface area contributed by atoms with Crippen LogP contribution < -0.4 is 4.74 Å². The van der Waals surface area contributed by atoms with E-state index >= 15 is 0 Å². The Balaban J connectivity index is 2.27. The van der Waals surface area contributed by atoms with Crippen molar-refractivity contribution >= 4 is 16.9 Å². The molecule has 0 spiro atoms. The Morgan fingerprint density at radius 3 is 2.72 bits per heavy atom. The van der Waals surface area contributed by atoms with Crippen molar-refractivity contribution in [2.45, 2.75) is 39.0 Å². The van der Waals surface area contributed by atoms with Crippen molar-refractivity contribution in [2.24, 2.45) is 0 Å². The van der Waals surface area contributed by atoms with Gasteiger partial charge >= 0.3 is 6.18 Å². The van der Waals surface area contributed by atoms with Gasteiger partial charge in [0.25, 0.3) is 0 Å². The first-order valence-corrected chi connectivity index (χ1v) is 9.24. The number of amides is 1. The monoisotopic (exact) mass is 414 g/mol. The summed E-state index contributed by atoms with van der Waals surface area (Å²) in [6, 6.07) is 2.78. The number of aryl methyl sites for hydroxylation is 1. The number of aromatic nitrogens is 1. The molecule has 6 nitrogen and oxygen atoms in total. The molecule has 1 amide bonds. The van der Waals surface area contributed by atoms with Gasteiger partial charge in [0.1, 0.15) is 18.5 Å². The van der Waals surface area contributed by atoms with Crippen LogP contribution in [0.25, 0.3) is 11.0 Å². The molecule has 1 aromatic heterocycles. The molecule has 1 atom stereocenters. The van der Waals surface area contributed by atoms with E-state index in [0.29, 0.717) is 30.7 Å². The van der Waals surface area contributed by atoms with Crippen LogP contribution in [0.3, 0.4) is 0 Å². The molecule has 0 saturated carbocycles. The summed E-state index contributed by atoms with van der Waals surface area (Å²) in [6.45, 7) is 7.63. The molecule has 160 valence electrons.